The molecule has 0 aromatic carbocycles. The van der Waals surface area contributed by atoms with Gasteiger partial charge in [0, 0.05) is 31.9 Å². The lowest BCUT2D eigenvalue weighted by molar-refractivity contribution is -0.141. The Morgan fingerprint density at radius 1 is 1.48 bits per heavy atom. The normalized spacial score (nSPS) is 11.9. The van der Waals surface area contributed by atoms with Crippen LogP contribution in [0.15, 0.2) is 18.3 Å². The van der Waals surface area contributed by atoms with Gasteiger partial charge in [0.05, 0.1) is 5.92 Å². The smallest absolute Gasteiger partial charge is 0.317 e. The number of alkyl halides is 2. The van der Waals surface area contributed by atoms with Crippen molar-refractivity contribution in [3.05, 3.63) is 23.9 Å². The highest BCUT2D eigenvalue weighted by atomic mass is 19.3. The van der Waals surface area contributed by atoms with Gasteiger partial charge in [0.1, 0.15) is 0 Å². The lowest BCUT2D eigenvalue weighted by atomic mass is 10.2. The second-order valence-corrected chi connectivity index (χ2v) is 4.95. The fourth-order valence-electron chi connectivity index (χ4n) is 1.71. The molecule has 128 valence electrons. The molecule has 0 aliphatic rings. The van der Waals surface area contributed by atoms with Crippen molar-refractivity contribution < 1.29 is 28.2 Å². The van der Waals surface area contributed by atoms with Crippen LogP contribution in [-0.4, -0.2) is 53.6 Å². The Morgan fingerprint density at radius 3 is 2.78 bits per heavy atom. The summed E-state index contributed by atoms with van der Waals surface area (Å²) in [5.74, 6) is -1.68. The third kappa shape index (κ3) is 6.45. The first kappa shape index (κ1) is 18.6. The van der Waals surface area contributed by atoms with Crippen LogP contribution < -0.4 is 10.1 Å². The van der Waals surface area contributed by atoms with E-state index in [1.807, 2.05) is 0 Å². The zero-order valence-corrected chi connectivity index (χ0v) is 12.8. The molecule has 9 heteroatoms. The van der Waals surface area contributed by atoms with E-state index in [1.54, 1.807) is 12.1 Å². The molecular formula is C14H19F2N3O4. The van der Waals surface area contributed by atoms with Crippen molar-refractivity contribution in [3.8, 4) is 5.88 Å². The van der Waals surface area contributed by atoms with Crippen LogP contribution in [0.5, 0.6) is 5.88 Å². The number of urea groups is 1. The van der Waals surface area contributed by atoms with Crippen molar-refractivity contribution in [1.82, 2.24) is 15.2 Å². The number of hydrogen-bond acceptors (Lipinski definition) is 4. The number of halogens is 2. The van der Waals surface area contributed by atoms with Gasteiger partial charge in [0.15, 0.2) is 6.61 Å². The zero-order valence-electron chi connectivity index (χ0n) is 12.8. The molecule has 2 amide bonds. The Bertz CT molecular complexity index is 543. The van der Waals surface area contributed by atoms with Crippen LogP contribution in [0.1, 0.15) is 12.5 Å². The number of amides is 2. The van der Waals surface area contributed by atoms with E-state index in [4.69, 9.17) is 9.84 Å². The van der Waals surface area contributed by atoms with Crippen LogP contribution in [0.25, 0.3) is 0 Å². The van der Waals surface area contributed by atoms with E-state index in [-0.39, 0.29) is 19.0 Å². The summed E-state index contributed by atoms with van der Waals surface area (Å²) in [6, 6.07) is 2.70. The Morgan fingerprint density at radius 2 is 2.17 bits per heavy atom. The predicted octanol–water partition coefficient (Wildman–Crippen LogP) is 1.59. The second-order valence-electron chi connectivity index (χ2n) is 4.95. The van der Waals surface area contributed by atoms with E-state index in [1.165, 1.54) is 25.1 Å². The number of aromatic nitrogens is 1. The summed E-state index contributed by atoms with van der Waals surface area (Å²) >= 11 is 0. The van der Waals surface area contributed by atoms with Crippen LogP contribution >= 0.6 is 0 Å². The third-order valence-electron chi connectivity index (χ3n) is 2.94. The summed E-state index contributed by atoms with van der Waals surface area (Å²) in [6.07, 6.45) is -1.23. The largest absolute Gasteiger partial charge is 0.481 e. The highest BCUT2D eigenvalue weighted by Crippen LogP contribution is 2.15. The summed E-state index contributed by atoms with van der Waals surface area (Å²) in [5, 5.41) is 11.4. The fraction of sp³-hybridized carbons (Fsp3) is 0.500. The van der Waals surface area contributed by atoms with E-state index in [9.17, 15) is 18.4 Å². The maximum Gasteiger partial charge on any atom is 0.317 e. The van der Waals surface area contributed by atoms with Crippen molar-refractivity contribution in [2.45, 2.75) is 19.9 Å². The van der Waals surface area contributed by atoms with Crippen LogP contribution in [0.3, 0.4) is 0 Å². The fourth-order valence-corrected chi connectivity index (χ4v) is 1.71. The molecule has 23 heavy (non-hydrogen) atoms. The minimum Gasteiger partial charge on any atom is -0.481 e. The minimum absolute atomic E-state index is 0.0228. The van der Waals surface area contributed by atoms with Crippen molar-refractivity contribution in [1.29, 1.82) is 0 Å². The number of nitrogens with zero attached hydrogens (tertiary/aromatic N) is 2. The molecule has 2 N–H and O–H groups in total. The number of carbonyl (C=O) groups excluding carboxylic acids is 1. The van der Waals surface area contributed by atoms with E-state index in [0.29, 0.717) is 5.56 Å². The van der Waals surface area contributed by atoms with Gasteiger partial charge in [0.25, 0.3) is 6.43 Å². The lowest BCUT2D eigenvalue weighted by Crippen LogP contribution is -2.40. The number of aliphatic carboxylic acids is 1. The van der Waals surface area contributed by atoms with E-state index in [2.05, 4.69) is 10.3 Å². The van der Waals surface area contributed by atoms with Gasteiger partial charge in [-0.15, -0.1) is 0 Å². The van der Waals surface area contributed by atoms with E-state index < -0.39 is 31.0 Å². The third-order valence-corrected chi connectivity index (χ3v) is 2.94. The zero-order chi connectivity index (χ0) is 17.4. The molecule has 1 atom stereocenters. The van der Waals surface area contributed by atoms with Crippen LogP contribution in [0, 0.1) is 5.92 Å². The Hall–Kier alpha value is -2.45. The van der Waals surface area contributed by atoms with Gasteiger partial charge in [-0.3, -0.25) is 4.79 Å². The maximum atomic E-state index is 12.2. The number of carbonyl (C=O) groups is 2. The molecule has 0 aliphatic heterocycles. The van der Waals surface area contributed by atoms with Gasteiger partial charge < -0.3 is 20.1 Å². The molecule has 0 bridgehead atoms. The summed E-state index contributed by atoms with van der Waals surface area (Å²) in [4.78, 5) is 27.7. The van der Waals surface area contributed by atoms with Gasteiger partial charge in [0.2, 0.25) is 5.88 Å². The van der Waals surface area contributed by atoms with Gasteiger partial charge >= 0.3 is 12.0 Å². The molecule has 0 saturated heterocycles. The summed E-state index contributed by atoms with van der Waals surface area (Å²) in [5.41, 5.74) is 0.446. The quantitative estimate of drug-likeness (QED) is 0.755. The highest BCUT2D eigenvalue weighted by molar-refractivity contribution is 5.75. The van der Waals surface area contributed by atoms with Crippen molar-refractivity contribution >= 4 is 12.0 Å². The first-order valence-corrected chi connectivity index (χ1v) is 6.87. The molecule has 1 aromatic heterocycles. The molecule has 0 aliphatic carbocycles. The highest BCUT2D eigenvalue weighted by Gasteiger charge is 2.17. The predicted molar refractivity (Wildman–Crippen MR) is 77.4 cm³/mol. The second kappa shape index (κ2) is 8.86. The standard InChI is InChI=1S/C14H19F2N3O4/c1-9(13(20)21)7-19(2)14(22)18-6-10-4-3-5-17-12(10)23-8-11(15)16/h3-5,9,11H,6-8H2,1-2H3,(H,18,22)(H,20,21). The summed E-state index contributed by atoms with van der Waals surface area (Å²) in [7, 11) is 1.46. The molecule has 1 rings (SSSR count). The van der Waals surface area contributed by atoms with Crippen molar-refractivity contribution in [2.24, 2.45) is 5.92 Å². The molecule has 0 radical (unpaired) electrons. The maximum absolute atomic E-state index is 12.2. The Balaban J connectivity index is 2.57. The summed E-state index contributed by atoms with van der Waals surface area (Å²) in [6.45, 7) is 0.775. The lowest BCUT2D eigenvalue weighted by Gasteiger charge is -2.20. The van der Waals surface area contributed by atoms with Crippen molar-refractivity contribution in [2.75, 3.05) is 20.2 Å². The topological polar surface area (TPSA) is 91.8 Å². The van der Waals surface area contributed by atoms with Gasteiger partial charge in [-0.25, -0.2) is 18.6 Å². The molecular weight excluding hydrogens is 312 g/mol. The van der Waals surface area contributed by atoms with Gasteiger partial charge in [-0.05, 0) is 6.07 Å². The number of carboxylic acids is 1. The average Bonchev–Trinajstić information content (AvgIpc) is 2.50. The van der Waals surface area contributed by atoms with E-state index >= 15 is 0 Å². The van der Waals surface area contributed by atoms with E-state index in [0.717, 1.165) is 0 Å². The number of ether oxygens (including phenoxy) is 1. The molecule has 0 spiro atoms. The van der Waals surface area contributed by atoms with Crippen LogP contribution in [-0.2, 0) is 11.3 Å². The van der Waals surface area contributed by atoms with Gasteiger partial charge in [-0.2, -0.15) is 0 Å². The number of nitrogens with one attached hydrogen (secondary N) is 1. The number of carboxylic acid groups (broad SMARTS) is 1. The number of hydrogen-bond donors (Lipinski definition) is 2. The molecule has 1 aromatic rings. The summed E-state index contributed by atoms with van der Waals surface area (Å²) < 4.78 is 29.2. The first-order chi connectivity index (χ1) is 10.8. The molecule has 1 heterocycles. The SMILES string of the molecule is CC(CN(C)C(=O)NCc1cccnc1OCC(F)F)C(=O)O. The molecule has 0 fully saturated rings. The monoisotopic (exact) mass is 331 g/mol. The Labute approximate surface area is 132 Å². The number of rotatable bonds is 8. The van der Waals surface area contributed by atoms with Crippen LogP contribution in [0.2, 0.25) is 0 Å². The van der Waals surface area contributed by atoms with Crippen molar-refractivity contribution in [3.63, 3.8) is 0 Å². The van der Waals surface area contributed by atoms with Gasteiger partial charge in [-0.1, -0.05) is 13.0 Å². The van der Waals surface area contributed by atoms with Crippen LogP contribution in [0.4, 0.5) is 13.6 Å². The molecule has 1 unspecified atom stereocenters. The molecule has 7 nitrogen and oxygen atoms in total. The Kier molecular flexibility index (Phi) is 7.17. The number of pyridine rings is 1. The minimum atomic E-state index is -2.62. The molecule has 0 saturated carbocycles. The first-order valence-electron chi connectivity index (χ1n) is 6.87. The average molecular weight is 331 g/mol.